The molecule has 0 bridgehead atoms. The van der Waals surface area contributed by atoms with Gasteiger partial charge in [0.2, 0.25) is 0 Å². The summed E-state index contributed by atoms with van der Waals surface area (Å²) in [7, 11) is -5.42. The van der Waals surface area contributed by atoms with E-state index >= 15 is 0 Å². The van der Waals surface area contributed by atoms with Gasteiger partial charge in [-0.3, -0.25) is 4.52 Å². The van der Waals surface area contributed by atoms with Crippen LogP contribution >= 0.6 is 7.60 Å². The molecule has 0 saturated carbocycles. The van der Waals surface area contributed by atoms with Gasteiger partial charge in [-0.25, -0.2) is 4.57 Å². The van der Waals surface area contributed by atoms with Crippen LogP contribution < -0.4 is 0 Å². The maximum atomic E-state index is 11.4. The zero-order valence-corrected chi connectivity index (χ0v) is 9.72. The van der Waals surface area contributed by atoms with Crippen LogP contribution in [0.25, 0.3) is 0 Å². The minimum absolute atomic E-state index is 0.231. The molecule has 1 atom stereocenters. The van der Waals surface area contributed by atoms with Crippen molar-refractivity contribution in [3.05, 3.63) is 0 Å². The molecule has 0 aromatic rings. The number of rotatable bonds is 4. The Morgan fingerprint density at radius 1 is 1.50 bits per heavy atom. The molecule has 0 spiro atoms. The summed E-state index contributed by atoms with van der Waals surface area (Å²) in [6.07, 6.45) is 0. The molecule has 0 aliphatic carbocycles. The van der Waals surface area contributed by atoms with Crippen molar-refractivity contribution in [1.82, 2.24) is 0 Å². The van der Waals surface area contributed by atoms with Gasteiger partial charge in [0.25, 0.3) is 0 Å². The fourth-order valence-electron chi connectivity index (χ4n) is 0.606. The van der Waals surface area contributed by atoms with Crippen molar-refractivity contribution in [2.75, 3.05) is 6.61 Å². The van der Waals surface area contributed by atoms with Crippen molar-refractivity contribution in [2.24, 2.45) is 0 Å². The third kappa shape index (κ3) is 4.68. The van der Waals surface area contributed by atoms with E-state index < -0.39 is 15.9 Å². The van der Waals surface area contributed by atoms with E-state index in [0.717, 1.165) is 0 Å². The summed E-state index contributed by atoms with van der Waals surface area (Å²) >= 11 is 0. The molecule has 1 unspecified atom stereocenters. The van der Waals surface area contributed by atoms with E-state index in [9.17, 15) is 4.57 Å². The van der Waals surface area contributed by atoms with Crippen LogP contribution in [-0.4, -0.2) is 14.9 Å². The van der Waals surface area contributed by atoms with Gasteiger partial charge in [0.15, 0.2) is 14.1 Å². The lowest BCUT2D eigenvalue weighted by molar-refractivity contribution is 0.288. The van der Waals surface area contributed by atoms with Gasteiger partial charge < -0.3 is 4.21 Å². The van der Waals surface area contributed by atoms with E-state index in [1.165, 1.54) is 0 Å². The second-order valence-corrected chi connectivity index (χ2v) is 9.63. The standard InChI is InChI=1S/C6H14NO3PSi/c1-5-9-11(8,6-7)10-12(2,3)4/h5H2,1-4H3. The highest BCUT2D eigenvalue weighted by atomic mass is 31.2. The van der Waals surface area contributed by atoms with Crippen LogP contribution in [0.3, 0.4) is 0 Å². The van der Waals surface area contributed by atoms with Crippen molar-refractivity contribution in [2.45, 2.75) is 26.6 Å². The van der Waals surface area contributed by atoms with Crippen molar-refractivity contribution < 1.29 is 13.3 Å². The zero-order chi connectivity index (χ0) is 9.83. The number of nitriles is 1. The zero-order valence-electron chi connectivity index (χ0n) is 7.83. The highest BCUT2D eigenvalue weighted by Crippen LogP contribution is 2.49. The number of nitrogens with zero attached hydrogens (tertiary/aromatic N) is 1. The van der Waals surface area contributed by atoms with Crippen molar-refractivity contribution in [3.8, 4) is 5.81 Å². The minimum atomic E-state index is -3.45. The van der Waals surface area contributed by atoms with Crippen LogP contribution in [-0.2, 0) is 13.3 Å². The quantitative estimate of drug-likeness (QED) is 0.525. The number of hydrogen-bond acceptors (Lipinski definition) is 4. The topological polar surface area (TPSA) is 59.3 Å². The van der Waals surface area contributed by atoms with Gasteiger partial charge in [-0.1, -0.05) is 0 Å². The molecular weight excluding hydrogens is 193 g/mol. The van der Waals surface area contributed by atoms with Crippen LogP contribution in [0.1, 0.15) is 6.92 Å². The minimum Gasteiger partial charge on any atom is -0.341 e. The maximum Gasteiger partial charge on any atom is 0.421 e. The van der Waals surface area contributed by atoms with E-state index in [1.54, 1.807) is 12.7 Å². The van der Waals surface area contributed by atoms with Crippen LogP contribution in [0.15, 0.2) is 0 Å². The van der Waals surface area contributed by atoms with Crippen molar-refractivity contribution >= 4 is 15.9 Å². The Kier molecular flexibility index (Phi) is 4.15. The summed E-state index contributed by atoms with van der Waals surface area (Å²) in [5.41, 5.74) is 0. The maximum absolute atomic E-state index is 11.4. The molecule has 0 heterocycles. The average molecular weight is 207 g/mol. The van der Waals surface area contributed by atoms with Crippen molar-refractivity contribution in [3.63, 3.8) is 0 Å². The van der Waals surface area contributed by atoms with Gasteiger partial charge >= 0.3 is 7.60 Å². The first-order chi connectivity index (χ1) is 5.33. The van der Waals surface area contributed by atoms with Gasteiger partial charge in [-0.15, -0.1) is 0 Å². The Morgan fingerprint density at radius 3 is 2.25 bits per heavy atom. The fourth-order valence-corrected chi connectivity index (χ4v) is 4.26. The first kappa shape index (κ1) is 11.9. The Labute approximate surface area is 74.2 Å². The van der Waals surface area contributed by atoms with Gasteiger partial charge in [0.05, 0.1) is 6.61 Å². The van der Waals surface area contributed by atoms with Crippen LogP contribution in [0.4, 0.5) is 0 Å². The second kappa shape index (κ2) is 4.20. The molecule has 0 radical (unpaired) electrons. The SMILES string of the molecule is CCOP(=O)(C#N)O[Si](C)(C)C. The predicted octanol–water partition coefficient (Wildman–Crippen LogP) is 2.55. The first-order valence-corrected chi connectivity index (χ1v) is 8.65. The van der Waals surface area contributed by atoms with E-state index in [2.05, 4.69) is 0 Å². The molecule has 0 aliphatic rings. The lowest BCUT2D eigenvalue weighted by atomic mass is 10.9. The average Bonchev–Trinajstić information content (AvgIpc) is 1.84. The van der Waals surface area contributed by atoms with Crippen molar-refractivity contribution in [1.29, 1.82) is 5.26 Å². The summed E-state index contributed by atoms with van der Waals surface area (Å²) < 4.78 is 21.3. The molecular formula is C6H14NO3PSi. The lowest BCUT2D eigenvalue weighted by Crippen LogP contribution is -2.23. The van der Waals surface area contributed by atoms with Crippen LogP contribution in [0, 0.1) is 11.1 Å². The predicted molar refractivity (Wildman–Crippen MR) is 49.3 cm³/mol. The summed E-state index contributed by atoms with van der Waals surface area (Å²) in [6, 6.07) is 0. The molecule has 0 aromatic carbocycles. The third-order valence-electron chi connectivity index (χ3n) is 0.816. The normalized spacial score (nSPS) is 16.6. The Bertz CT molecular complexity index is 230. The molecule has 0 N–H and O–H groups in total. The summed E-state index contributed by atoms with van der Waals surface area (Å²) in [5, 5.41) is 8.54. The Morgan fingerprint density at radius 2 is 2.00 bits per heavy atom. The van der Waals surface area contributed by atoms with Crippen LogP contribution in [0.2, 0.25) is 19.6 Å². The smallest absolute Gasteiger partial charge is 0.341 e. The Balaban J connectivity index is 4.39. The highest BCUT2D eigenvalue weighted by molar-refractivity contribution is 7.60. The molecule has 0 amide bonds. The molecule has 4 nitrogen and oxygen atoms in total. The summed E-state index contributed by atoms with van der Waals surface area (Å²) in [6.45, 7) is 7.48. The number of hydrogen-bond donors (Lipinski definition) is 0. The highest BCUT2D eigenvalue weighted by Gasteiger charge is 2.31. The fraction of sp³-hybridized carbons (Fsp3) is 0.833. The molecule has 12 heavy (non-hydrogen) atoms. The molecule has 70 valence electrons. The molecule has 0 aromatic heterocycles. The van der Waals surface area contributed by atoms with E-state index in [0.29, 0.717) is 0 Å². The van der Waals surface area contributed by atoms with Gasteiger partial charge in [-0.05, 0) is 26.6 Å². The van der Waals surface area contributed by atoms with E-state index in [4.69, 9.17) is 14.0 Å². The van der Waals surface area contributed by atoms with Gasteiger partial charge in [0.1, 0.15) is 0 Å². The molecule has 0 fully saturated rings. The largest absolute Gasteiger partial charge is 0.421 e. The molecule has 0 rings (SSSR count). The summed E-state index contributed by atoms with van der Waals surface area (Å²) in [5.74, 6) is 1.58. The van der Waals surface area contributed by atoms with Crippen LogP contribution in [0.5, 0.6) is 0 Å². The van der Waals surface area contributed by atoms with E-state index in [1.807, 2.05) is 19.6 Å². The molecule has 0 aliphatic heterocycles. The summed E-state index contributed by atoms with van der Waals surface area (Å²) in [4.78, 5) is 0. The Hall–Kier alpha value is -0.143. The second-order valence-electron chi connectivity index (χ2n) is 3.22. The third-order valence-corrected chi connectivity index (χ3v) is 4.81. The monoisotopic (exact) mass is 207 g/mol. The lowest BCUT2D eigenvalue weighted by Gasteiger charge is -2.20. The van der Waals surface area contributed by atoms with E-state index in [-0.39, 0.29) is 6.61 Å². The molecule has 0 saturated heterocycles. The van der Waals surface area contributed by atoms with Gasteiger partial charge in [0, 0.05) is 0 Å². The molecule has 6 heteroatoms. The first-order valence-electron chi connectivity index (χ1n) is 3.69. The van der Waals surface area contributed by atoms with Gasteiger partial charge in [-0.2, -0.15) is 5.26 Å².